The fraction of sp³-hybridized carbons (Fsp3) is 0.303. The molecule has 4 aromatic rings. The molecule has 2 aliphatic heterocycles. The van der Waals surface area contributed by atoms with Crippen LogP contribution >= 0.6 is 11.6 Å². The number of piperazine rings is 1. The quantitative estimate of drug-likeness (QED) is 0.267. The number of carbonyl (C=O) groups excluding carboxylic acids is 1. The first kappa shape index (κ1) is 29.6. The molecular weight excluding hydrogens is 588 g/mol. The van der Waals surface area contributed by atoms with Gasteiger partial charge in [-0.3, -0.25) is 19.1 Å². The van der Waals surface area contributed by atoms with Crippen LogP contribution in [-0.4, -0.2) is 57.2 Å². The molecule has 4 heterocycles. The van der Waals surface area contributed by atoms with Gasteiger partial charge in [0.25, 0.3) is 5.56 Å². The molecule has 2 unspecified atom stereocenters. The summed E-state index contributed by atoms with van der Waals surface area (Å²) in [5.74, 6) is -2.50. The number of hydrogen-bond donors (Lipinski definition) is 2. The summed E-state index contributed by atoms with van der Waals surface area (Å²) in [6.07, 6.45) is 2.94. The number of hydrogen-bond acceptors (Lipinski definition) is 6. The van der Waals surface area contributed by atoms with Crippen LogP contribution in [0.4, 0.5) is 20.2 Å². The topological polar surface area (TPSA) is 90.7 Å². The molecule has 1 saturated heterocycles. The van der Waals surface area contributed by atoms with Crippen molar-refractivity contribution < 1.29 is 18.7 Å². The maximum atomic E-state index is 16.3. The summed E-state index contributed by atoms with van der Waals surface area (Å²) < 4.78 is 32.9. The van der Waals surface area contributed by atoms with E-state index in [0.29, 0.717) is 42.1 Å². The van der Waals surface area contributed by atoms with Gasteiger partial charge >= 0.3 is 0 Å². The molecule has 2 aliphatic rings. The van der Waals surface area contributed by atoms with Crippen molar-refractivity contribution in [2.45, 2.75) is 45.7 Å². The number of benzene rings is 2. The minimum absolute atomic E-state index is 0.0918. The number of pyridine rings is 2. The van der Waals surface area contributed by atoms with Gasteiger partial charge in [0, 0.05) is 42.8 Å². The Bertz CT molecular complexity index is 1900. The maximum Gasteiger partial charge on any atom is 0.281 e. The zero-order valence-electron chi connectivity index (χ0n) is 24.8. The highest BCUT2D eigenvalue weighted by Crippen LogP contribution is 2.47. The molecule has 1 amide bonds. The van der Waals surface area contributed by atoms with Gasteiger partial charge in [0.15, 0.2) is 0 Å². The third kappa shape index (κ3) is 4.42. The predicted molar refractivity (Wildman–Crippen MR) is 169 cm³/mol. The van der Waals surface area contributed by atoms with Crippen LogP contribution in [0.3, 0.4) is 0 Å². The highest BCUT2D eigenvalue weighted by molar-refractivity contribution is 6.38. The molecule has 228 valence electrons. The van der Waals surface area contributed by atoms with E-state index in [0.717, 1.165) is 11.6 Å². The second kappa shape index (κ2) is 10.9. The smallest absolute Gasteiger partial charge is 0.281 e. The second-order valence-electron chi connectivity index (χ2n) is 11.7. The van der Waals surface area contributed by atoms with E-state index in [1.807, 2.05) is 32.6 Å². The molecule has 0 spiro atoms. The lowest BCUT2D eigenvalue weighted by molar-refractivity contribution is -0.128. The number of fused-ring (bicyclic) bond motifs is 5. The van der Waals surface area contributed by atoms with E-state index in [1.54, 1.807) is 17.2 Å². The van der Waals surface area contributed by atoms with Crippen LogP contribution in [0, 0.1) is 18.6 Å². The minimum Gasteiger partial charge on any atom is -0.507 e. The van der Waals surface area contributed by atoms with Gasteiger partial charge in [-0.2, -0.15) is 0 Å². The summed E-state index contributed by atoms with van der Waals surface area (Å²) in [4.78, 5) is 35.6. The number of anilines is 2. The number of phenolic OH excluding ortho intramolecular Hbond substituents is 1. The van der Waals surface area contributed by atoms with Gasteiger partial charge < -0.3 is 20.2 Å². The predicted octanol–water partition coefficient (Wildman–Crippen LogP) is 6.14. The van der Waals surface area contributed by atoms with E-state index in [4.69, 9.17) is 11.6 Å². The number of rotatable bonds is 4. The zero-order valence-corrected chi connectivity index (χ0v) is 25.5. The summed E-state index contributed by atoms with van der Waals surface area (Å²) in [7, 11) is 0. The molecule has 1 fully saturated rings. The monoisotopic (exact) mass is 619 g/mol. The second-order valence-corrected chi connectivity index (χ2v) is 12.1. The van der Waals surface area contributed by atoms with Crippen LogP contribution in [0.1, 0.15) is 37.9 Å². The number of phenols is 1. The standard InChI is InChI=1S/C33H32ClF2N5O3/c1-6-24(43)39-15-19-13-38-29-32(40(19)14-18(39)5)20-12-22(36)26(25-21(35)8-7-9-23(25)42)27(34)31(20)41(33(29)44)30-17(4)10-11-37-28(30)16(2)3/h6-12,16,18-19,38,42H,1,13-15H2,2-5H3. The maximum absolute atomic E-state index is 16.3. The van der Waals surface area contributed by atoms with Crippen molar-refractivity contribution in [2.24, 2.45) is 0 Å². The van der Waals surface area contributed by atoms with Gasteiger partial charge in [0.1, 0.15) is 23.1 Å². The molecule has 8 nitrogen and oxygen atoms in total. The Morgan fingerprint density at radius 2 is 1.93 bits per heavy atom. The van der Waals surface area contributed by atoms with Crippen LogP contribution in [0.2, 0.25) is 5.02 Å². The van der Waals surface area contributed by atoms with Gasteiger partial charge in [-0.25, -0.2) is 8.78 Å². The average molecular weight is 620 g/mol. The lowest BCUT2D eigenvalue weighted by Crippen LogP contribution is -2.62. The van der Waals surface area contributed by atoms with E-state index in [9.17, 15) is 14.7 Å². The summed E-state index contributed by atoms with van der Waals surface area (Å²) in [6.45, 7) is 12.4. The van der Waals surface area contributed by atoms with Gasteiger partial charge in [-0.05, 0) is 55.7 Å². The zero-order chi connectivity index (χ0) is 31.6. The lowest BCUT2D eigenvalue weighted by Gasteiger charge is -2.49. The number of amides is 1. The lowest BCUT2D eigenvalue weighted by atomic mass is 9.96. The number of carbonyl (C=O) groups is 1. The number of aromatic nitrogens is 2. The van der Waals surface area contributed by atoms with Gasteiger partial charge in [-0.1, -0.05) is 38.1 Å². The summed E-state index contributed by atoms with van der Waals surface area (Å²) in [6, 6.07) is 6.23. The average Bonchev–Trinajstić information content (AvgIpc) is 2.98. The molecule has 2 aromatic heterocycles. The Labute approximate surface area is 258 Å². The Kier molecular flexibility index (Phi) is 7.36. The van der Waals surface area contributed by atoms with Crippen LogP contribution in [-0.2, 0) is 4.79 Å². The van der Waals surface area contributed by atoms with E-state index in [2.05, 4.69) is 16.9 Å². The van der Waals surface area contributed by atoms with Crippen molar-refractivity contribution in [3.05, 3.63) is 87.5 Å². The normalized spacial score (nSPS) is 17.8. The molecule has 0 bridgehead atoms. The number of nitrogens with zero attached hydrogens (tertiary/aromatic N) is 4. The van der Waals surface area contributed by atoms with Crippen molar-refractivity contribution in [2.75, 3.05) is 29.9 Å². The first-order valence-electron chi connectivity index (χ1n) is 14.4. The number of nitrogens with one attached hydrogen (secondary N) is 1. The molecule has 2 aromatic carbocycles. The molecule has 2 atom stereocenters. The summed E-state index contributed by atoms with van der Waals surface area (Å²) in [5, 5.41) is 14.0. The Balaban J connectivity index is 1.75. The molecule has 0 saturated carbocycles. The molecule has 11 heteroatoms. The van der Waals surface area contributed by atoms with Crippen molar-refractivity contribution in [3.63, 3.8) is 0 Å². The van der Waals surface area contributed by atoms with E-state index in [-0.39, 0.29) is 45.7 Å². The minimum atomic E-state index is -0.865. The van der Waals surface area contributed by atoms with Crippen molar-refractivity contribution in [1.82, 2.24) is 14.5 Å². The van der Waals surface area contributed by atoms with Crippen LogP contribution in [0.15, 0.2) is 54.0 Å². The molecule has 0 radical (unpaired) electrons. The number of aromatic hydroxyl groups is 1. The third-order valence-electron chi connectivity index (χ3n) is 8.59. The van der Waals surface area contributed by atoms with Crippen LogP contribution < -0.4 is 15.8 Å². The highest BCUT2D eigenvalue weighted by Gasteiger charge is 2.40. The third-order valence-corrected chi connectivity index (χ3v) is 8.96. The van der Waals surface area contributed by atoms with Gasteiger partial charge in [0.05, 0.1) is 39.2 Å². The Hall–Kier alpha value is -4.44. The van der Waals surface area contributed by atoms with E-state index >= 15 is 8.78 Å². The van der Waals surface area contributed by atoms with Crippen LogP contribution in [0.5, 0.6) is 5.75 Å². The van der Waals surface area contributed by atoms with Gasteiger partial charge in [-0.15, -0.1) is 0 Å². The summed E-state index contributed by atoms with van der Waals surface area (Å²) in [5.41, 5.74) is 1.55. The molecule has 44 heavy (non-hydrogen) atoms. The molecule has 6 rings (SSSR count). The summed E-state index contributed by atoms with van der Waals surface area (Å²) >= 11 is 7.07. The van der Waals surface area contributed by atoms with Crippen molar-refractivity contribution in [1.29, 1.82) is 0 Å². The van der Waals surface area contributed by atoms with Crippen LogP contribution in [0.25, 0.3) is 27.7 Å². The fourth-order valence-electron chi connectivity index (χ4n) is 6.53. The first-order chi connectivity index (χ1) is 21.0. The molecule has 2 N–H and O–H groups in total. The molecular formula is C33H32ClF2N5O3. The largest absolute Gasteiger partial charge is 0.507 e. The van der Waals surface area contributed by atoms with E-state index in [1.165, 1.54) is 28.8 Å². The van der Waals surface area contributed by atoms with Gasteiger partial charge in [0.2, 0.25) is 5.91 Å². The highest BCUT2D eigenvalue weighted by atomic mass is 35.5. The number of halogens is 3. The first-order valence-corrected chi connectivity index (χ1v) is 14.8. The number of aryl methyl sites for hydroxylation is 1. The van der Waals surface area contributed by atoms with E-state index < -0.39 is 28.5 Å². The SMILES string of the molecule is C=CC(=O)N1CC2CNc3c(c4cc(F)c(-c5c(O)cccc5F)c(Cl)c4n(-c4c(C)ccnc4C(C)C)c3=O)N2CC1C. The Morgan fingerprint density at radius 1 is 1.18 bits per heavy atom. The molecule has 0 aliphatic carbocycles. The van der Waals surface area contributed by atoms with Crippen molar-refractivity contribution >= 4 is 39.8 Å². The fourth-order valence-corrected chi connectivity index (χ4v) is 6.90. The Morgan fingerprint density at radius 3 is 2.61 bits per heavy atom. The van der Waals surface area contributed by atoms with Crippen molar-refractivity contribution in [3.8, 4) is 22.6 Å².